The Labute approximate surface area is 227 Å². The van der Waals surface area contributed by atoms with Gasteiger partial charge in [-0.05, 0) is 63.6 Å². The number of likely N-dealkylation sites (tertiary alicyclic amines) is 1. The molecule has 2 aliphatic rings. The van der Waals surface area contributed by atoms with Crippen LogP contribution in [0.5, 0.6) is 0 Å². The minimum atomic E-state index is -0.431. The van der Waals surface area contributed by atoms with Crippen LogP contribution >= 0.6 is 23.2 Å². The van der Waals surface area contributed by atoms with Crippen molar-refractivity contribution in [2.45, 2.75) is 45.1 Å². The zero-order valence-electron chi connectivity index (χ0n) is 21.4. The molecule has 0 bridgehead atoms. The second kappa shape index (κ2) is 11.8. The zero-order chi connectivity index (χ0) is 26.6. The summed E-state index contributed by atoms with van der Waals surface area (Å²) in [6.07, 6.45) is 4.39. The number of anilines is 2. The largest absolute Gasteiger partial charge is 0.453 e. The van der Waals surface area contributed by atoms with Crippen molar-refractivity contribution in [3.05, 3.63) is 34.4 Å². The third kappa shape index (κ3) is 7.03. The number of pyridine rings is 2. The Morgan fingerprint density at radius 3 is 2.78 bits per heavy atom. The minimum absolute atomic E-state index is 0.121. The van der Waals surface area contributed by atoms with Crippen LogP contribution in [0.2, 0.25) is 10.0 Å². The van der Waals surface area contributed by atoms with E-state index in [2.05, 4.69) is 29.5 Å². The molecule has 2 fully saturated rings. The number of carbonyl (C=O) groups is 2. The van der Waals surface area contributed by atoms with Gasteiger partial charge >= 0.3 is 6.09 Å². The number of methoxy groups -OCH3 is 1. The van der Waals surface area contributed by atoms with Crippen molar-refractivity contribution >= 4 is 46.8 Å². The van der Waals surface area contributed by atoms with Crippen LogP contribution in [0.15, 0.2) is 24.4 Å². The summed E-state index contributed by atoms with van der Waals surface area (Å²) < 4.78 is 10.6. The van der Waals surface area contributed by atoms with Crippen molar-refractivity contribution in [3.63, 3.8) is 0 Å². The lowest BCUT2D eigenvalue weighted by Gasteiger charge is -2.35. The topological polar surface area (TPSA) is 106 Å². The second-order valence-corrected chi connectivity index (χ2v) is 11.0. The van der Waals surface area contributed by atoms with Gasteiger partial charge in [0.15, 0.2) is 0 Å². The molecule has 200 valence electrons. The van der Waals surface area contributed by atoms with Crippen LogP contribution in [0.4, 0.5) is 16.4 Å². The van der Waals surface area contributed by atoms with Crippen LogP contribution in [0.1, 0.15) is 39.5 Å². The van der Waals surface area contributed by atoms with E-state index in [0.29, 0.717) is 58.4 Å². The number of hydrogen-bond donors (Lipinski definition) is 2. The Bertz CT molecular complexity index is 1150. The Hall–Kier alpha value is -2.62. The van der Waals surface area contributed by atoms with Gasteiger partial charge in [0.05, 0.1) is 34.4 Å². The molecule has 4 heterocycles. The molecule has 11 heteroatoms. The molecule has 1 unspecified atom stereocenters. The van der Waals surface area contributed by atoms with Crippen molar-refractivity contribution in [1.82, 2.24) is 14.9 Å². The van der Waals surface area contributed by atoms with E-state index in [-0.39, 0.29) is 17.4 Å². The predicted octanol–water partition coefficient (Wildman–Crippen LogP) is 5.48. The van der Waals surface area contributed by atoms with Gasteiger partial charge in [-0.3, -0.25) is 4.79 Å². The lowest BCUT2D eigenvalue weighted by atomic mass is 9.88. The smallest absolute Gasteiger partial charge is 0.409 e. The van der Waals surface area contributed by atoms with Crippen LogP contribution in [0, 0.1) is 11.8 Å². The highest BCUT2D eigenvalue weighted by Crippen LogP contribution is 2.34. The number of rotatable bonds is 6. The van der Waals surface area contributed by atoms with E-state index in [1.807, 2.05) is 6.07 Å². The first-order valence-electron chi connectivity index (χ1n) is 12.5. The van der Waals surface area contributed by atoms with Crippen molar-refractivity contribution in [3.8, 4) is 11.3 Å². The van der Waals surface area contributed by atoms with E-state index in [1.165, 1.54) is 18.2 Å². The van der Waals surface area contributed by atoms with Crippen molar-refractivity contribution < 1.29 is 19.1 Å². The fourth-order valence-corrected chi connectivity index (χ4v) is 5.31. The first kappa shape index (κ1) is 27.4. The molecule has 2 aromatic rings. The molecule has 2 amide bonds. The molecule has 9 nitrogen and oxygen atoms in total. The number of amides is 2. The molecular formula is C26H33Cl2N5O4. The standard InChI is InChI=1S/C26H33Cl2N5O4/c1-26(2)12-16(8-10-37-26)13-29-21-7-6-19(27)23(31-21)18-11-22(30-14-20(18)28)32-24(34)17-5-4-9-33(15-17)25(35)36-3/h6-7,11,14,16-17H,4-5,8-10,12-13,15H2,1-3H3,(H,29,31)(H,30,32,34)/t16-,17?/m1/s1. The van der Waals surface area contributed by atoms with Crippen molar-refractivity contribution in [2.75, 3.05) is 44.0 Å². The van der Waals surface area contributed by atoms with Crippen molar-refractivity contribution in [1.29, 1.82) is 0 Å². The first-order chi connectivity index (χ1) is 17.6. The fraction of sp³-hybridized carbons (Fsp3) is 0.538. The Morgan fingerprint density at radius 2 is 2.03 bits per heavy atom. The summed E-state index contributed by atoms with van der Waals surface area (Å²) >= 11 is 13.0. The minimum Gasteiger partial charge on any atom is -0.453 e. The lowest BCUT2D eigenvalue weighted by Crippen LogP contribution is -2.43. The van der Waals surface area contributed by atoms with E-state index in [1.54, 1.807) is 12.1 Å². The molecular weight excluding hydrogens is 517 g/mol. The van der Waals surface area contributed by atoms with Crippen LogP contribution < -0.4 is 10.6 Å². The van der Waals surface area contributed by atoms with E-state index in [9.17, 15) is 9.59 Å². The molecule has 4 rings (SSSR count). The zero-order valence-corrected chi connectivity index (χ0v) is 22.9. The number of ether oxygens (including phenoxy) is 2. The SMILES string of the molecule is COC(=O)N1CCCC(C(=O)Nc2cc(-c3nc(NC[C@@H]4CCOC(C)(C)C4)ccc3Cl)c(Cl)cn2)C1. The molecule has 0 spiro atoms. The number of carbonyl (C=O) groups excluding carboxylic acids is 2. The van der Waals surface area contributed by atoms with Gasteiger partial charge in [-0.15, -0.1) is 0 Å². The normalized spacial score (nSPS) is 21.3. The maximum atomic E-state index is 12.9. The van der Waals surface area contributed by atoms with E-state index >= 15 is 0 Å². The van der Waals surface area contributed by atoms with E-state index in [0.717, 1.165) is 32.4 Å². The van der Waals surface area contributed by atoms with Gasteiger partial charge in [-0.1, -0.05) is 23.2 Å². The number of halogens is 2. The van der Waals surface area contributed by atoms with Crippen molar-refractivity contribution in [2.24, 2.45) is 11.8 Å². The third-order valence-corrected chi connectivity index (χ3v) is 7.41. The number of nitrogens with one attached hydrogen (secondary N) is 2. The molecule has 2 aromatic heterocycles. The predicted molar refractivity (Wildman–Crippen MR) is 144 cm³/mol. The van der Waals surface area contributed by atoms with E-state index in [4.69, 9.17) is 37.7 Å². The summed E-state index contributed by atoms with van der Waals surface area (Å²) in [6.45, 7) is 6.62. The average Bonchev–Trinajstić information content (AvgIpc) is 2.88. The quantitative estimate of drug-likeness (QED) is 0.491. The summed E-state index contributed by atoms with van der Waals surface area (Å²) in [7, 11) is 1.33. The first-order valence-corrected chi connectivity index (χ1v) is 13.2. The molecule has 0 radical (unpaired) electrons. The van der Waals surface area contributed by atoms with Crippen LogP contribution in [-0.2, 0) is 14.3 Å². The fourth-order valence-electron chi connectivity index (χ4n) is 4.91. The molecule has 2 N–H and O–H groups in total. The monoisotopic (exact) mass is 549 g/mol. The number of piperidine rings is 1. The molecule has 37 heavy (non-hydrogen) atoms. The Kier molecular flexibility index (Phi) is 8.77. The number of nitrogens with zero attached hydrogens (tertiary/aromatic N) is 3. The average molecular weight is 550 g/mol. The highest BCUT2D eigenvalue weighted by atomic mass is 35.5. The maximum absolute atomic E-state index is 12.9. The Morgan fingerprint density at radius 1 is 1.22 bits per heavy atom. The van der Waals surface area contributed by atoms with Gasteiger partial charge in [0.2, 0.25) is 5.91 Å². The number of aromatic nitrogens is 2. The van der Waals surface area contributed by atoms with Gasteiger partial charge in [0.1, 0.15) is 11.6 Å². The summed E-state index contributed by atoms with van der Waals surface area (Å²) in [6, 6.07) is 5.28. The van der Waals surface area contributed by atoms with Gasteiger partial charge in [-0.2, -0.15) is 0 Å². The maximum Gasteiger partial charge on any atom is 0.409 e. The van der Waals surface area contributed by atoms with E-state index < -0.39 is 6.09 Å². The highest BCUT2D eigenvalue weighted by Gasteiger charge is 2.30. The van der Waals surface area contributed by atoms with Gasteiger partial charge in [0, 0.05) is 38.0 Å². The molecule has 2 aliphatic heterocycles. The van der Waals surface area contributed by atoms with Crippen LogP contribution in [-0.4, -0.2) is 65.8 Å². The summed E-state index contributed by atoms with van der Waals surface area (Å²) in [5, 5.41) is 7.07. The van der Waals surface area contributed by atoms with Gasteiger partial charge in [0.25, 0.3) is 0 Å². The molecule has 2 saturated heterocycles. The van der Waals surface area contributed by atoms with Gasteiger partial charge < -0.3 is 25.0 Å². The van der Waals surface area contributed by atoms with Crippen LogP contribution in [0.3, 0.4) is 0 Å². The second-order valence-electron chi connectivity index (χ2n) is 10.2. The third-order valence-electron chi connectivity index (χ3n) is 6.80. The molecule has 0 aliphatic carbocycles. The molecule has 0 aromatic carbocycles. The van der Waals surface area contributed by atoms with Crippen LogP contribution in [0.25, 0.3) is 11.3 Å². The summed E-state index contributed by atoms with van der Waals surface area (Å²) in [5.41, 5.74) is 0.938. The summed E-state index contributed by atoms with van der Waals surface area (Å²) in [5.74, 6) is 0.917. The molecule has 2 atom stereocenters. The van der Waals surface area contributed by atoms with Gasteiger partial charge in [-0.25, -0.2) is 14.8 Å². The lowest BCUT2D eigenvalue weighted by molar-refractivity contribution is -0.121. The molecule has 0 saturated carbocycles. The Balaban J connectivity index is 1.46. The number of hydrogen-bond acceptors (Lipinski definition) is 7. The summed E-state index contributed by atoms with van der Waals surface area (Å²) in [4.78, 5) is 35.3. The highest BCUT2D eigenvalue weighted by molar-refractivity contribution is 6.36.